The molecule has 5 rings (SSSR count). The molecule has 0 radical (unpaired) electrons. The average Bonchev–Trinajstić information content (AvgIpc) is 2.98. The number of hydrogen-bond acceptors (Lipinski definition) is 4. The SMILES string of the molecule is CC(=O)N1C[C@H]2CC(c3ccc(CCOc4cccc(Cl)c4Cl)cc3)=C(C(=O)N(C)CCc3ccccc3)[C@@H](C1)N2. The van der Waals surface area contributed by atoms with E-state index in [1.165, 1.54) is 5.56 Å². The summed E-state index contributed by atoms with van der Waals surface area (Å²) >= 11 is 12.3. The monoisotopic (exact) mass is 591 g/mol. The van der Waals surface area contributed by atoms with Crippen LogP contribution in [0, 0.1) is 0 Å². The maximum absolute atomic E-state index is 14.0. The smallest absolute Gasteiger partial charge is 0.251 e. The Bertz CT molecular complexity index is 1430. The van der Waals surface area contributed by atoms with E-state index in [4.69, 9.17) is 27.9 Å². The summed E-state index contributed by atoms with van der Waals surface area (Å²) in [5.41, 5.74) is 5.18. The van der Waals surface area contributed by atoms with Gasteiger partial charge in [0.05, 0.1) is 17.7 Å². The molecule has 2 amide bonds. The number of benzene rings is 3. The van der Waals surface area contributed by atoms with E-state index in [0.29, 0.717) is 54.9 Å². The van der Waals surface area contributed by atoms with Gasteiger partial charge >= 0.3 is 0 Å². The fraction of sp³-hybridized carbons (Fsp3) is 0.333. The molecule has 0 aromatic heterocycles. The van der Waals surface area contributed by atoms with Crippen LogP contribution in [-0.4, -0.2) is 67.0 Å². The first-order valence-corrected chi connectivity index (χ1v) is 14.8. The Kier molecular flexibility index (Phi) is 9.33. The molecule has 1 N–H and O–H groups in total. The standard InChI is InChI=1S/C33H35Cl2N3O3/c1-22(39)38-20-26-19-27(25-13-11-24(12-14-25)16-18-41-30-10-6-9-28(34)32(30)35)31(29(21-38)36-26)33(40)37(2)17-15-23-7-4-3-5-8-23/h3-14,26,29,36H,15-21H2,1-2H3/t26-,29-/m1/s1. The van der Waals surface area contributed by atoms with E-state index in [9.17, 15) is 9.59 Å². The molecule has 1 fully saturated rings. The third kappa shape index (κ3) is 6.95. The maximum Gasteiger partial charge on any atom is 0.251 e. The summed E-state index contributed by atoms with van der Waals surface area (Å²) in [5, 5.41) is 4.51. The first-order chi connectivity index (χ1) is 19.8. The molecule has 8 heteroatoms. The van der Waals surface area contributed by atoms with Gasteiger partial charge < -0.3 is 19.9 Å². The van der Waals surface area contributed by atoms with Gasteiger partial charge in [-0.15, -0.1) is 0 Å². The van der Waals surface area contributed by atoms with Gasteiger partial charge in [-0.25, -0.2) is 0 Å². The van der Waals surface area contributed by atoms with Crippen molar-refractivity contribution < 1.29 is 14.3 Å². The summed E-state index contributed by atoms with van der Waals surface area (Å²) in [7, 11) is 1.86. The highest BCUT2D eigenvalue weighted by molar-refractivity contribution is 6.42. The minimum absolute atomic E-state index is 0.00756. The Morgan fingerprint density at radius 3 is 2.41 bits per heavy atom. The van der Waals surface area contributed by atoms with Crippen molar-refractivity contribution in [1.82, 2.24) is 15.1 Å². The molecule has 0 aliphatic carbocycles. The molecule has 0 spiro atoms. The molecule has 2 aliphatic heterocycles. The number of nitrogens with zero attached hydrogens (tertiary/aromatic N) is 2. The summed E-state index contributed by atoms with van der Waals surface area (Å²) in [6.07, 6.45) is 2.17. The van der Waals surface area contributed by atoms with Crippen molar-refractivity contribution in [1.29, 1.82) is 0 Å². The molecule has 2 bridgehead atoms. The average molecular weight is 593 g/mol. The number of carbonyl (C=O) groups is 2. The van der Waals surface area contributed by atoms with Crippen molar-refractivity contribution in [2.75, 3.05) is 33.3 Å². The van der Waals surface area contributed by atoms with Crippen molar-refractivity contribution >= 4 is 40.6 Å². The Balaban J connectivity index is 1.34. The minimum Gasteiger partial charge on any atom is -0.492 e. The lowest BCUT2D eigenvalue weighted by Gasteiger charge is -2.44. The summed E-state index contributed by atoms with van der Waals surface area (Å²) in [5.74, 6) is 0.620. The van der Waals surface area contributed by atoms with Gasteiger partial charge in [-0.1, -0.05) is 83.9 Å². The molecule has 0 saturated carbocycles. The fourth-order valence-corrected chi connectivity index (χ4v) is 5.97. The molecule has 41 heavy (non-hydrogen) atoms. The first kappa shape index (κ1) is 29.2. The molecular formula is C33H35Cl2N3O3. The lowest BCUT2D eigenvalue weighted by molar-refractivity contribution is -0.132. The maximum atomic E-state index is 14.0. The highest BCUT2D eigenvalue weighted by Crippen LogP contribution is 2.35. The Labute approximate surface area is 251 Å². The molecular weight excluding hydrogens is 557 g/mol. The predicted octanol–water partition coefficient (Wildman–Crippen LogP) is 5.66. The number of ether oxygens (including phenoxy) is 1. The largest absolute Gasteiger partial charge is 0.492 e. The van der Waals surface area contributed by atoms with Gasteiger partial charge in [0, 0.05) is 51.6 Å². The number of amides is 2. The van der Waals surface area contributed by atoms with Gasteiger partial charge in [0.2, 0.25) is 5.91 Å². The summed E-state index contributed by atoms with van der Waals surface area (Å²) < 4.78 is 5.86. The number of rotatable bonds is 9. The second kappa shape index (κ2) is 13.1. The van der Waals surface area contributed by atoms with Crippen LogP contribution in [0.2, 0.25) is 10.0 Å². The van der Waals surface area contributed by atoms with Crippen LogP contribution in [0.3, 0.4) is 0 Å². The Hall–Kier alpha value is -3.32. The minimum atomic E-state index is -0.205. The number of halogens is 2. The molecule has 1 saturated heterocycles. The summed E-state index contributed by atoms with van der Waals surface area (Å²) in [4.78, 5) is 29.9. The van der Waals surface area contributed by atoms with Gasteiger partial charge in [-0.3, -0.25) is 9.59 Å². The number of nitrogens with one attached hydrogen (secondary N) is 1. The van der Waals surface area contributed by atoms with Crippen LogP contribution in [0.5, 0.6) is 5.75 Å². The van der Waals surface area contributed by atoms with E-state index in [1.54, 1.807) is 19.1 Å². The van der Waals surface area contributed by atoms with E-state index in [0.717, 1.165) is 28.7 Å². The van der Waals surface area contributed by atoms with Gasteiger partial charge in [-0.2, -0.15) is 0 Å². The zero-order valence-electron chi connectivity index (χ0n) is 23.4. The number of carbonyl (C=O) groups excluding carboxylic acids is 2. The lowest BCUT2D eigenvalue weighted by atomic mass is 9.82. The number of piperazine rings is 1. The third-order valence-electron chi connectivity index (χ3n) is 7.87. The van der Waals surface area contributed by atoms with E-state index in [2.05, 4.69) is 41.7 Å². The number of likely N-dealkylation sites (N-methyl/N-ethyl adjacent to an activating group) is 1. The third-order valence-corrected chi connectivity index (χ3v) is 8.67. The van der Waals surface area contributed by atoms with Crippen LogP contribution in [0.4, 0.5) is 0 Å². The summed E-state index contributed by atoms with van der Waals surface area (Å²) in [6.45, 7) is 3.81. The van der Waals surface area contributed by atoms with Crippen molar-refractivity contribution in [3.8, 4) is 5.75 Å². The van der Waals surface area contributed by atoms with Crippen LogP contribution in [0.25, 0.3) is 5.57 Å². The normalized spacial score (nSPS) is 18.3. The van der Waals surface area contributed by atoms with E-state index in [-0.39, 0.29) is 23.9 Å². The molecule has 3 aromatic carbocycles. The zero-order valence-corrected chi connectivity index (χ0v) is 24.9. The molecule has 0 unspecified atom stereocenters. The Morgan fingerprint density at radius 1 is 0.951 bits per heavy atom. The van der Waals surface area contributed by atoms with Crippen LogP contribution >= 0.6 is 23.2 Å². The first-order valence-electron chi connectivity index (χ1n) is 14.0. The second-order valence-corrected chi connectivity index (χ2v) is 11.5. The van der Waals surface area contributed by atoms with Crippen LogP contribution in [0.1, 0.15) is 30.0 Å². The molecule has 2 aliphatic rings. The predicted molar refractivity (Wildman–Crippen MR) is 164 cm³/mol. The van der Waals surface area contributed by atoms with E-state index in [1.807, 2.05) is 41.1 Å². The highest BCUT2D eigenvalue weighted by Gasteiger charge is 2.39. The van der Waals surface area contributed by atoms with Gasteiger partial charge in [-0.05, 0) is 47.2 Å². The number of fused-ring (bicyclic) bond motifs is 2. The molecule has 2 heterocycles. The molecule has 6 nitrogen and oxygen atoms in total. The molecule has 214 valence electrons. The topological polar surface area (TPSA) is 61.9 Å². The quantitative estimate of drug-likeness (QED) is 0.349. The van der Waals surface area contributed by atoms with Gasteiger partial charge in [0.15, 0.2) is 0 Å². The fourth-order valence-electron chi connectivity index (χ4n) is 5.62. The Morgan fingerprint density at radius 2 is 1.68 bits per heavy atom. The molecule has 3 aromatic rings. The summed E-state index contributed by atoms with van der Waals surface area (Å²) in [6, 6.07) is 23.8. The van der Waals surface area contributed by atoms with Crippen LogP contribution in [-0.2, 0) is 22.4 Å². The van der Waals surface area contributed by atoms with Crippen LogP contribution in [0.15, 0.2) is 78.4 Å². The second-order valence-electron chi connectivity index (χ2n) is 10.7. The van der Waals surface area contributed by atoms with E-state index < -0.39 is 0 Å². The van der Waals surface area contributed by atoms with Crippen molar-refractivity contribution in [3.05, 3.63) is 105 Å². The zero-order chi connectivity index (χ0) is 28.9. The number of hydrogen-bond donors (Lipinski definition) is 1. The van der Waals surface area contributed by atoms with E-state index >= 15 is 0 Å². The highest BCUT2D eigenvalue weighted by atomic mass is 35.5. The van der Waals surface area contributed by atoms with Gasteiger partial charge in [0.25, 0.3) is 5.91 Å². The van der Waals surface area contributed by atoms with Crippen molar-refractivity contribution in [2.24, 2.45) is 0 Å². The molecule has 2 atom stereocenters. The van der Waals surface area contributed by atoms with Gasteiger partial charge in [0.1, 0.15) is 10.8 Å². The van der Waals surface area contributed by atoms with Crippen LogP contribution < -0.4 is 10.1 Å². The lowest BCUT2D eigenvalue weighted by Crippen LogP contribution is -2.61. The van der Waals surface area contributed by atoms with Crippen molar-refractivity contribution in [3.63, 3.8) is 0 Å². The van der Waals surface area contributed by atoms with Crippen molar-refractivity contribution in [2.45, 2.75) is 38.3 Å².